The molecule has 0 saturated carbocycles. The number of nitrogen functional groups attached to an aromatic ring is 1. The van der Waals surface area contributed by atoms with Gasteiger partial charge in [0.2, 0.25) is 0 Å². The number of anilines is 1. The number of ether oxygens (including phenoxy) is 3. The Balaban J connectivity index is 2.27. The summed E-state index contributed by atoms with van der Waals surface area (Å²) in [5.41, 5.74) is 6.46. The van der Waals surface area contributed by atoms with Crippen LogP contribution >= 0.6 is 0 Å². The van der Waals surface area contributed by atoms with Gasteiger partial charge in [-0.25, -0.2) is 4.79 Å². The lowest BCUT2D eigenvalue weighted by Gasteiger charge is -2.12. The summed E-state index contributed by atoms with van der Waals surface area (Å²) in [5.74, 6) is 1.18. The topological polar surface area (TPSA) is 70.8 Å². The zero-order chi connectivity index (χ0) is 15.2. The molecule has 0 aromatic heterocycles. The normalized spacial score (nSPS) is 10.0. The number of hydrogen-bond donors (Lipinski definition) is 1. The number of nitrogens with two attached hydrogens (primary N) is 1. The molecular weight excluding hydrogens is 270 g/mol. The number of esters is 1. The molecule has 0 fully saturated rings. The molecule has 0 aliphatic rings. The molecule has 0 bridgehead atoms. The SMILES string of the molecule is CCOc1cccc(Oc2cccc(C(=O)OC)c2N)c1. The fraction of sp³-hybridized carbons (Fsp3) is 0.188. The van der Waals surface area contributed by atoms with Gasteiger partial charge in [0.05, 0.1) is 25.0 Å². The van der Waals surface area contributed by atoms with E-state index in [1.165, 1.54) is 7.11 Å². The number of rotatable bonds is 5. The number of benzene rings is 2. The lowest BCUT2D eigenvalue weighted by Crippen LogP contribution is -2.06. The number of para-hydroxylation sites is 1. The maximum absolute atomic E-state index is 11.6. The number of hydrogen-bond acceptors (Lipinski definition) is 5. The van der Waals surface area contributed by atoms with E-state index >= 15 is 0 Å². The molecule has 0 atom stereocenters. The average molecular weight is 287 g/mol. The Bertz CT molecular complexity index is 640. The molecule has 2 aromatic rings. The minimum absolute atomic E-state index is 0.242. The molecule has 5 nitrogen and oxygen atoms in total. The summed E-state index contributed by atoms with van der Waals surface area (Å²) in [6, 6.07) is 12.2. The van der Waals surface area contributed by atoms with Crippen LogP contribution in [0.4, 0.5) is 5.69 Å². The number of methoxy groups -OCH3 is 1. The summed E-state index contributed by atoms with van der Waals surface area (Å²) in [6.45, 7) is 2.48. The third kappa shape index (κ3) is 3.45. The van der Waals surface area contributed by atoms with Crippen LogP contribution in [0.15, 0.2) is 42.5 Å². The van der Waals surface area contributed by atoms with E-state index in [2.05, 4.69) is 4.74 Å². The number of carbonyl (C=O) groups is 1. The second-order valence-electron chi connectivity index (χ2n) is 4.22. The predicted molar refractivity (Wildman–Crippen MR) is 79.9 cm³/mol. The molecule has 2 N–H and O–H groups in total. The van der Waals surface area contributed by atoms with Gasteiger partial charge in [0, 0.05) is 6.07 Å². The van der Waals surface area contributed by atoms with Crippen LogP contribution in [-0.4, -0.2) is 19.7 Å². The van der Waals surface area contributed by atoms with E-state index < -0.39 is 5.97 Å². The van der Waals surface area contributed by atoms with Crippen molar-refractivity contribution in [2.75, 3.05) is 19.5 Å². The summed E-state index contributed by atoms with van der Waals surface area (Å²) < 4.78 is 15.8. The third-order valence-electron chi connectivity index (χ3n) is 2.82. The summed E-state index contributed by atoms with van der Waals surface area (Å²) in [5, 5.41) is 0. The van der Waals surface area contributed by atoms with Gasteiger partial charge in [0.25, 0.3) is 0 Å². The molecule has 0 aliphatic heterocycles. The summed E-state index contributed by atoms with van der Waals surface area (Å²) >= 11 is 0. The van der Waals surface area contributed by atoms with E-state index in [0.29, 0.717) is 23.9 Å². The van der Waals surface area contributed by atoms with Crippen molar-refractivity contribution in [3.05, 3.63) is 48.0 Å². The number of carbonyl (C=O) groups excluding carboxylic acids is 1. The quantitative estimate of drug-likeness (QED) is 0.675. The highest BCUT2D eigenvalue weighted by molar-refractivity contribution is 5.96. The van der Waals surface area contributed by atoms with Crippen LogP contribution in [0.5, 0.6) is 17.2 Å². The van der Waals surface area contributed by atoms with Crippen LogP contribution in [0.1, 0.15) is 17.3 Å². The van der Waals surface area contributed by atoms with Crippen LogP contribution in [-0.2, 0) is 4.74 Å². The minimum atomic E-state index is -0.499. The van der Waals surface area contributed by atoms with Gasteiger partial charge in [0.15, 0.2) is 5.75 Å². The van der Waals surface area contributed by atoms with E-state index in [1.807, 2.05) is 19.1 Å². The van der Waals surface area contributed by atoms with Gasteiger partial charge in [-0.05, 0) is 31.2 Å². The first-order valence-electron chi connectivity index (χ1n) is 6.53. The van der Waals surface area contributed by atoms with Gasteiger partial charge in [-0.1, -0.05) is 12.1 Å². The highest BCUT2D eigenvalue weighted by Gasteiger charge is 2.14. The summed E-state index contributed by atoms with van der Waals surface area (Å²) in [7, 11) is 1.31. The van der Waals surface area contributed by atoms with Crippen molar-refractivity contribution in [2.45, 2.75) is 6.92 Å². The van der Waals surface area contributed by atoms with E-state index in [4.69, 9.17) is 15.2 Å². The first-order valence-corrected chi connectivity index (χ1v) is 6.53. The van der Waals surface area contributed by atoms with Gasteiger partial charge >= 0.3 is 5.97 Å². The largest absolute Gasteiger partial charge is 0.494 e. The van der Waals surface area contributed by atoms with Crippen LogP contribution in [0, 0.1) is 0 Å². The second-order valence-corrected chi connectivity index (χ2v) is 4.22. The Morgan fingerprint density at radius 1 is 1.14 bits per heavy atom. The molecule has 0 heterocycles. The average Bonchev–Trinajstić information content (AvgIpc) is 2.49. The Labute approximate surface area is 123 Å². The van der Waals surface area contributed by atoms with Crippen molar-refractivity contribution in [3.8, 4) is 17.2 Å². The van der Waals surface area contributed by atoms with E-state index in [9.17, 15) is 4.79 Å². The van der Waals surface area contributed by atoms with Gasteiger partial charge in [-0.15, -0.1) is 0 Å². The molecule has 0 saturated heterocycles. The van der Waals surface area contributed by atoms with Gasteiger partial charge in [-0.3, -0.25) is 0 Å². The lowest BCUT2D eigenvalue weighted by molar-refractivity contribution is 0.0601. The highest BCUT2D eigenvalue weighted by Crippen LogP contribution is 2.31. The zero-order valence-corrected chi connectivity index (χ0v) is 12.0. The van der Waals surface area contributed by atoms with Crippen molar-refractivity contribution in [2.24, 2.45) is 0 Å². The minimum Gasteiger partial charge on any atom is -0.494 e. The maximum atomic E-state index is 11.6. The van der Waals surface area contributed by atoms with E-state index in [-0.39, 0.29) is 11.3 Å². The van der Waals surface area contributed by atoms with Crippen LogP contribution in [0.2, 0.25) is 0 Å². The fourth-order valence-corrected chi connectivity index (χ4v) is 1.84. The molecule has 21 heavy (non-hydrogen) atoms. The highest BCUT2D eigenvalue weighted by atomic mass is 16.5. The van der Waals surface area contributed by atoms with Crippen molar-refractivity contribution in [3.63, 3.8) is 0 Å². The molecule has 0 unspecified atom stereocenters. The molecule has 5 heteroatoms. The monoisotopic (exact) mass is 287 g/mol. The smallest absolute Gasteiger partial charge is 0.340 e. The van der Waals surface area contributed by atoms with Crippen LogP contribution in [0.3, 0.4) is 0 Å². The van der Waals surface area contributed by atoms with E-state index in [0.717, 1.165) is 0 Å². The summed E-state index contributed by atoms with van der Waals surface area (Å²) in [6.07, 6.45) is 0. The van der Waals surface area contributed by atoms with Crippen molar-refractivity contribution in [1.29, 1.82) is 0 Å². The van der Waals surface area contributed by atoms with Crippen LogP contribution in [0.25, 0.3) is 0 Å². The molecule has 0 spiro atoms. The Kier molecular flexibility index (Phi) is 4.66. The van der Waals surface area contributed by atoms with Crippen LogP contribution < -0.4 is 15.2 Å². The first-order chi connectivity index (χ1) is 10.2. The molecule has 0 aliphatic carbocycles. The molecular formula is C16H17NO4. The molecule has 0 radical (unpaired) electrons. The third-order valence-corrected chi connectivity index (χ3v) is 2.82. The van der Waals surface area contributed by atoms with Crippen molar-refractivity contribution >= 4 is 11.7 Å². The second kappa shape index (κ2) is 6.65. The molecule has 2 aromatic carbocycles. The van der Waals surface area contributed by atoms with E-state index in [1.54, 1.807) is 30.3 Å². The predicted octanol–water partition coefficient (Wildman–Crippen LogP) is 3.25. The molecule has 110 valence electrons. The van der Waals surface area contributed by atoms with Gasteiger partial charge < -0.3 is 19.9 Å². The zero-order valence-electron chi connectivity index (χ0n) is 12.0. The van der Waals surface area contributed by atoms with Gasteiger partial charge in [-0.2, -0.15) is 0 Å². The van der Waals surface area contributed by atoms with Gasteiger partial charge in [0.1, 0.15) is 11.5 Å². The van der Waals surface area contributed by atoms with Crippen molar-refractivity contribution in [1.82, 2.24) is 0 Å². The first kappa shape index (κ1) is 14.7. The Morgan fingerprint density at radius 2 is 1.86 bits per heavy atom. The molecule has 0 amide bonds. The molecule has 2 rings (SSSR count). The van der Waals surface area contributed by atoms with Crippen molar-refractivity contribution < 1.29 is 19.0 Å². The standard InChI is InChI=1S/C16H17NO4/c1-3-20-11-6-4-7-12(10-11)21-14-9-5-8-13(15(14)17)16(18)19-2/h4-10H,3,17H2,1-2H3. The lowest BCUT2D eigenvalue weighted by atomic mass is 10.1. The fourth-order valence-electron chi connectivity index (χ4n) is 1.84. The Hall–Kier alpha value is -2.69. The maximum Gasteiger partial charge on any atom is 0.340 e. The summed E-state index contributed by atoms with van der Waals surface area (Å²) in [4.78, 5) is 11.6. The Morgan fingerprint density at radius 3 is 2.57 bits per heavy atom.